The first-order chi connectivity index (χ1) is 14.2. The first-order valence-corrected chi connectivity index (χ1v) is 10.4. The minimum absolute atomic E-state index is 0.0934. The molecule has 1 amide bonds. The van der Waals surface area contributed by atoms with Gasteiger partial charge in [-0.1, -0.05) is 17.7 Å². The molecule has 0 radical (unpaired) electrons. The van der Waals surface area contributed by atoms with Gasteiger partial charge in [0, 0.05) is 34.3 Å². The Labute approximate surface area is 177 Å². The van der Waals surface area contributed by atoms with Crippen molar-refractivity contribution in [1.82, 2.24) is 15.3 Å². The number of furan rings is 1. The number of hydrogen-bond acceptors (Lipinski definition) is 5. The lowest BCUT2D eigenvalue weighted by atomic mass is 10.2. The molecule has 5 nitrogen and oxygen atoms in total. The van der Waals surface area contributed by atoms with E-state index in [-0.39, 0.29) is 12.3 Å². The van der Waals surface area contributed by atoms with Crippen LogP contribution in [0.5, 0.6) is 0 Å². The maximum absolute atomic E-state index is 12.3. The van der Waals surface area contributed by atoms with Crippen molar-refractivity contribution in [3.63, 3.8) is 0 Å². The quantitative estimate of drug-likeness (QED) is 0.459. The molecule has 3 aromatic heterocycles. The molecule has 0 aliphatic rings. The SMILES string of the molecule is O=C(Cc1csc(Cc2ccccn2)n1)NCc1ccc(-c2ccc(Cl)cc2)o1. The molecular weight excluding hydrogens is 406 g/mol. The van der Waals surface area contributed by atoms with Crippen LogP contribution >= 0.6 is 22.9 Å². The molecule has 0 atom stereocenters. The predicted octanol–water partition coefficient (Wildman–Crippen LogP) is 4.90. The predicted molar refractivity (Wildman–Crippen MR) is 114 cm³/mol. The van der Waals surface area contributed by atoms with Crippen LogP contribution in [-0.2, 0) is 24.2 Å². The molecule has 0 aliphatic heterocycles. The number of pyridine rings is 1. The van der Waals surface area contributed by atoms with Crippen LogP contribution in [0.2, 0.25) is 5.02 Å². The molecule has 29 heavy (non-hydrogen) atoms. The minimum Gasteiger partial charge on any atom is -0.459 e. The monoisotopic (exact) mass is 423 g/mol. The van der Waals surface area contributed by atoms with Crippen LogP contribution in [0.15, 0.2) is 70.6 Å². The molecule has 0 bridgehead atoms. The third kappa shape index (κ3) is 5.31. The summed E-state index contributed by atoms with van der Waals surface area (Å²) in [6.07, 6.45) is 2.68. The Morgan fingerprint density at radius 1 is 1.07 bits per heavy atom. The van der Waals surface area contributed by atoms with Gasteiger partial charge in [0.1, 0.15) is 11.5 Å². The van der Waals surface area contributed by atoms with Crippen molar-refractivity contribution in [2.45, 2.75) is 19.4 Å². The summed E-state index contributed by atoms with van der Waals surface area (Å²) < 4.78 is 5.80. The molecule has 1 N–H and O–H groups in total. The molecule has 0 unspecified atom stereocenters. The fourth-order valence-electron chi connectivity index (χ4n) is 2.82. The normalized spacial score (nSPS) is 10.8. The van der Waals surface area contributed by atoms with Gasteiger partial charge in [-0.2, -0.15) is 0 Å². The van der Waals surface area contributed by atoms with Crippen molar-refractivity contribution in [3.05, 3.63) is 93.4 Å². The van der Waals surface area contributed by atoms with Gasteiger partial charge in [-0.05, 0) is 48.5 Å². The third-order valence-corrected chi connectivity index (χ3v) is 5.40. The van der Waals surface area contributed by atoms with Gasteiger partial charge in [0.15, 0.2) is 0 Å². The highest BCUT2D eigenvalue weighted by Crippen LogP contribution is 2.23. The lowest BCUT2D eigenvalue weighted by Gasteiger charge is -2.02. The van der Waals surface area contributed by atoms with Gasteiger partial charge < -0.3 is 9.73 Å². The van der Waals surface area contributed by atoms with E-state index in [1.165, 1.54) is 0 Å². The Morgan fingerprint density at radius 2 is 1.93 bits per heavy atom. The summed E-state index contributed by atoms with van der Waals surface area (Å²) >= 11 is 7.46. The van der Waals surface area contributed by atoms with Crippen molar-refractivity contribution in [3.8, 4) is 11.3 Å². The van der Waals surface area contributed by atoms with Gasteiger partial charge in [0.05, 0.1) is 23.7 Å². The number of thiazole rings is 1. The number of aromatic nitrogens is 2. The maximum atomic E-state index is 12.3. The van der Waals surface area contributed by atoms with Crippen LogP contribution in [0.4, 0.5) is 0 Å². The summed E-state index contributed by atoms with van der Waals surface area (Å²) in [6, 6.07) is 17.0. The third-order valence-electron chi connectivity index (χ3n) is 4.25. The van der Waals surface area contributed by atoms with E-state index < -0.39 is 0 Å². The minimum atomic E-state index is -0.0934. The number of hydrogen-bond donors (Lipinski definition) is 1. The summed E-state index contributed by atoms with van der Waals surface area (Å²) in [6.45, 7) is 0.331. The second-order valence-electron chi connectivity index (χ2n) is 6.46. The number of nitrogens with zero attached hydrogens (tertiary/aromatic N) is 2. The van der Waals surface area contributed by atoms with E-state index in [9.17, 15) is 4.79 Å². The number of amides is 1. The van der Waals surface area contributed by atoms with Crippen LogP contribution in [0.1, 0.15) is 22.2 Å². The summed E-state index contributed by atoms with van der Waals surface area (Å²) in [5.41, 5.74) is 2.67. The summed E-state index contributed by atoms with van der Waals surface area (Å²) in [4.78, 5) is 21.1. The van der Waals surface area contributed by atoms with Crippen molar-refractivity contribution in [2.75, 3.05) is 0 Å². The highest BCUT2D eigenvalue weighted by Gasteiger charge is 2.10. The Balaban J connectivity index is 1.29. The Bertz CT molecular complexity index is 1090. The molecule has 3 heterocycles. The Kier molecular flexibility index (Phi) is 6.03. The van der Waals surface area contributed by atoms with Crippen LogP contribution < -0.4 is 5.32 Å². The van der Waals surface area contributed by atoms with E-state index in [1.54, 1.807) is 17.5 Å². The van der Waals surface area contributed by atoms with E-state index >= 15 is 0 Å². The van der Waals surface area contributed by atoms with E-state index in [0.29, 0.717) is 23.7 Å². The zero-order chi connectivity index (χ0) is 20.1. The fraction of sp³-hybridized carbons (Fsp3) is 0.136. The van der Waals surface area contributed by atoms with Crippen LogP contribution in [0.25, 0.3) is 11.3 Å². The maximum Gasteiger partial charge on any atom is 0.226 e. The van der Waals surface area contributed by atoms with Gasteiger partial charge in [0.2, 0.25) is 5.91 Å². The molecule has 0 fully saturated rings. The van der Waals surface area contributed by atoms with Crippen molar-refractivity contribution in [2.24, 2.45) is 0 Å². The molecule has 0 spiro atoms. The van der Waals surface area contributed by atoms with Gasteiger partial charge in [-0.25, -0.2) is 4.98 Å². The molecule has 7 heteroatoms. The number of carbonyl (C=O) groups is 1. The van der Waals surface area contributed by atoms with E-state index in [1.807, 2.05) is 60.0 Å². The van der Waals surface area contributed by atoms with Crippen LogP contribution in [0, 0.1) is 0 Å². The highest BCUT2D eigenvalue weighted by molar-refractivity contribution is 7.09. The van der Waals surface area contributed by atoms with Gasteiger partial charge >= 0.3 is 0 Å². The number of nitrogens with one attached hydrogen (secondary N) is 1. The van der Waals surface area contributed by atoms with E-state index in [4.69, 9.17) is 16.0 Å². The molecule has 0 saturated carbocycles. The molecule has 146 valence electrons. The lowest BCUT2D eigenvalue weighted by Crippen LogP contribution is -2.24. The number of halogens is 1. The van der Waals surface area contributed by atoms with Gasteiger partial charge in [0.25, 0.3) is 0 Å². The summed E-state index contributed by atoms with van der Waals surface area (Å²) in [5, 5.41) is 6.43. The van der Waals surface area contributed by atoms with Gasteiger partial charge in [-0.15, -0.1) is 11.3 Å². The van der Waals surface area contributed by atoms with Crippen LogP contribution in [-0.4, -0.2) is 15.9 Å². The molecule has 4 aromatic rings. The molecule has 1 aromatic carbocycles. The largest absolute Gasteiger partial charge is 0.459 e. The highest BCUT2D eigenvalue weighted by atomic mass is 35.5. The number of benzene rings is 1. The molecule has 0 aliphatic carbocycles. The second-order valence-corrected chi connectivity index (χ2v) is 7.84. The Hall–Kier alpha value is -2.96. The smallest absolute Gasteiger partial charge is 0.226 e. The molecular formula is C22H18ClN3O2S. The van der Waals surface area contributed by atoms with Crippen molar-refractivity contribution < 1.29 is 9.21 Å². The van der Waals surface area contributed by atoms with Crippen molar-refractivity contribution in [1.29, 1.82) is 0 Å². The van der Waals surface area contributed by atoms with E-state index in [0.717, 1.165) is 27.7 Å². The second kappa shape index (κ2) is 9.03. The van der Waals surface area contributed by atoms with Gasteiger partial charge in [-0.3, -0.25) is 9.78 Å². The summed E-state index contributed by atoms with van der Waals surface area (Å²) in [7, 11) is 0. The van der Waals surface area contributed by atoms with E-state index in [2.05, 4.69) is 15.3 Å². The number of carbonyl (C=O) groups excluding carboxylic acids is 1. The first-order valence-electron chi connectivity index (χ1n) is 9.10. The number of rotatable bonds is 7. The molecule has 4 rings (SSSR count). The zero-order valence-corrected chi connectivity index (χ0v) is 17.0. The molecule has 0 saturated heterocycles. The average molecular weight is 424 g/mol. The first kappa shape index (κ1) is 19.4. The van der Waals surface area contributed by atoms with Crippen LogP contribution in [0.3, 0.4) is 0 Å². The Morgan fingerprint density at radius 3 is 2.72 bits per heavy atom. The standard InChI is InChI=1S/C22H18ClN3O2S/c23-16-6-4-15(5-7-16)20-9-8-19(28-20)13-25-21(27)11-18-14-29-22(26-18)12-17-3-1-2-10-24-17/h1-10,14H,11-13H2,(H,25,27). The lowest BCUT2D eigenvalue weighted by molar-refractivity contribution is -0.120. The average Bonchev–Trinajstić information content (AvgIpc) is 3.37. The fourth-order valence-corrected chi connectivity index (χ4v) is 3.76. The topological polar surface area (TPSA) is 68.0 Å². The summed E-state index contributed by atoms with van der Waals surface area (Å²) in [5.74, 6) is 1.34. The van der Waals surface area contributed by atoms with Crippen molar-refractivity contribution >= 4 is 28.8 Å². The zero-order valence-electron chi connectivity index (χ0n) is 15.5.